The Morgan fingerprint density at radius 3 is 2.64 bits per heavy atom. The fourth-order valence-corrected chi connectivity index (χ4v) is 1.54. The third kappa shape index (κ3) is 3.12. The molecule has 14 heavy (non-hydrogen) atoms. The standard InChI is InChI=1S/C11H12BrClO/c1-7(2)5-11(14)8-3-4-9(12)10(13)6-8/h3-6,11,14H,1-2H3. The third-order valence-corrected chi connectivity index (χ3v) is 3.01. The van der Waals surface area contributed by atoms with E-state index in [1.807, 2.05) is 26.0 Å². The summed E-state index contributed by atoms with van der Waals surface area (Å²) in [6.45, 7) is 3.90. The molecular formula is C11H12BrClO. The first-order valence-electron chi connectivity index (χ1n) is 4.28. The minimum atomic E-state index is -0.578. The molecule has 0 fully saturated rings. The number of hydrogen-bond acceptors (Lipinski definition) is 1. The van der Waals surface area contributed by atoms with E-state index in [1.54, 1.807) is 12.1 Å². The Morgan fingerprint density at radius 1 is 1.50 bits per heavy atom. The van der Waals surface area contributed by atoms with Crippen molar-refractivity contribution >= 4 is 27.5 Å². The van der Waals surface area contributed by atoms with E-state index in [0.29, 0.717) is 5.02 Å². The smallest absolute Gasteiger partial charge is 0.0974 e. The predicted molar refractivity (Wildman–Crippen MR) is 63.5 cm³/mol. The molecule has 0 aromatic heterocycles. The van der Waals surface area contributed by atoms with Gasteiger partial charge in [-0.3, -0.25) is 0 Å². The van der Waals surface area contributed by atoms with Crippen molar-refractivity contribution in [3.8, 4) is 0 Å². The van der Waals surface area contributed by atoms with Gasteiger partial charge in [-0.1, -0.05) is 29.3 Å². The summed E-state index contributed by atoms with van der Waals surface area (Å²) in [5, 5.41) is 10.4. The van der Waals surface area contributed by atoms with Gasteiger partial charge in [0.05, 0.1) is 11.1 Å². The lowest BCUT2D eigenvalue weighted by Gasteiger charge is -2.08. The largest absolute Gasteiger partial charge is 0.384 e. The van der Waals surface area contributed by atoms with E-state index in [-0.39, 0.29) is 0 Å². The second kappa shape index (κ2) is 4.96. The molecule has 1 aromatic carbocycles. The van der Waals surface area contributed by atoms with Crippen LogP contribution in [0.25, 0.3) is 0 Å². The Morgan fingerprint density at radius 2 is 2.14 bits per heavy atom. The number of benzene rings is 1. The summed E-state index contributed by atoms with van der Waals surface area (Å²) in [6.07, 6.45) is 1.21. The lowest BCUT2D eigenvalue weighted by Crippen LogP contribution is -1.93. The minimum Gasteiger partial charge on any atom is -0.384 e. The highest BCUT2D eigenvalue weighted by Gasteiger charge is 2.06. The van der Waals surface area contributed by atoms with E-state index in [2.05, 4.69) is 15.9 Å². The lowest BCUT2D eigenvalue weighted by molar-refractivity contribution is 0.227. The van der Waals surface area contributed by atoms with E-state index in [0.717, 1.165) is 15.6 Å². The first-order valence-corrected chi connectivity index (χ1v) is 5.46. The summed E-state index contributed by atoms with van der Waals surface area (Å²) in [5.74, 6) is 0. The van der Waals surface area contributed by atoms with Crippen LogP contribution in [0.4, 0.5) is 0 Å². The molecule has 0 saturated heterocycles. The molecule has 0 aliphatic carbocycles. The zero-order chi connectivity index (χ0) is 10.7. The van der Waals surface area contributed by atoms with E-state index < -0.39 is 6.10 Å². The fraction of sp³-hybridized carbons (Fsp3) is 0.273. The van der Waals surface area contributed by atoms with Crippen molar-refractivity contribution in [2.75, 3.05) is 0 Å². The van der Waals surface area contributed by atoms with E-state index in [9.17, 15) is 5.11 Å². The van der Waals surface area contributed by atoms with Crippen LogP contribution in [0.2, 0.25) is 5.02 Å². The fourth-order valence-electron chi connectivity index (χ4n) is 1.11. The Bertz CT molecular complexity index is 356. The molecule has 0 heterocycles. The lowest BCUT2D eigenvalue weighted by atomic mass is 10.1. The van der Waals surface area contributed by atoms with Gasteiger partial charge in [0.15, 0.2) is 0 Å². The Hall–Kier alpha value is -0.310. The van der Waals surface area contributed by atoms with Gasteiger partial charge in [0.25, 0.3) is 0 Å². The van der Waals surface area contributed by atoms with Crippen LogP contribution in [0.3, 0.4) is 0 Å². The molecule has 1 N–H and O–H groups in total. The SMILES string of the molecule is CC(C)=CC(O)c1ccc(Br)c(Cl)c1. The molecule has 1 unspecified atom stereocenters. The maximum Gasteiger partial charge on any atom is 0.0974 e. The maximum atomic E-state index is 9.76. The van der Waals surface area contributed by atoms with Crippen molar-refractivity contribution in [3.05, 3.63) is 44.9 Å². The Labute approximate surface area is 97.5 Å². The first-order chi connectivity index (χ1) is 6.50. The van der Waals surface area contributed by atoms with E-state index in [1.165, 1.54) is 0 Å². The highest BCUT2D eigenvalue weighted by atomic mass is 79.9. The van der Waals surface area contributed by atoms with Crippen molar-refractivity contribution in [1.29, 1.82) is 0 Å². The number of hydrogen-bond donors (Lipinski definition) is 1. The molecule has 1 atom stereocenters. The number of halogens is 2. The van der Waals surface area contributed by atoms with Crippen LogP contribution in [-0.4, -0.2) is 5.11 Å². The monoisotopic (exact) mass is 274 g/mol. The summed E-state index contributed by atoms with van der Waals surface area (Å²) in [4.78, 5) is 0. The third-order valence-electron chi connectivity index (χ3n) is 1.78. The summed E-state index contributed by atoms with van der Waals surface area (Å²) < 4.78 is 0.840. The quantitative estimate of drug-likeness (QED) is 0.806. The average molecular weight is 276 g/mol. The molecular weight excluding hydrogens is 263 g/mol. The van der Waals surface area contributed by atoms with Gasteiger partial charge in [0.2, 0.25) is 0 Å². The molecule has 0 spiro atoms. The number of aliphatic hydroxyl groups excluding tert-OH is 1. The van der Waals surface area contributed by atoms with Crippen LogP contribution in [0.1, 0.15) is 25.5 Å². The van der Waals surface area contributed by atoms with Gasteiger partial charge < -0.3 is 5.11 Å². The van der Waals surface area contributed by atoms with E-state index >= 15 is 0 Å². The highest BCUT2D eigenvalue weighted by Crippen LogP contribution is 2.26. The number of rotatable bonds is 2. The van der Waals surface area contributed by atoms with Crippen LogP contribution >= 0.6 is 27.5 Å². The first kappa shape index (κ1) is 11.8. The van der Waals surface area contributed by atoms with Gasteiger partial charge in [0, 0.05) is 4.47 Å². The van der Waals surface area contributed by atoms with Crippen LogP contribution in [0.5, 0.6) is 0 Å². The molecule has 0 radical (unpaired) electrons. The highest BCUT2D eigenvalue weighted by molar-refractivity contribution is 9.10. The Balaban J connectivity index is 2.97. The molecule has 0 amide bonds. The van der Waals surface area contributed by atoms with E-state index in [4.69, 9.17) is 11.6 Å². The molecule has 1 aromatic rings. The van der Waals surface area contributed by atoms with Gasteiger partial charge in [-0.05, 0) is 47.5 Å². The molecule has 1 rings (SSSR count). The van der Waals surface area contributed by atoms with Crippen LogP contribution < -0.4 is 0 Å². The van der Waals surface area contributed by atoms with Crippen molar-refractivity contribution in [1.82, 2.24) is 0 Å². The average Bonchev–Trinajstić information content (AvgIpc) is 2.08. The summed E-state index contributed by atoms with van der Waals surface area (Å²) in [6, 6.07) is 5.44. The maximum absolute atomic E-state index is 9.76. The molecule has 0 bridgehead atoms. The van der Waals surface area contributed by atoms with Crippen molar-refractivity contribution < 1.29 is 5.11 Å². The van der Waals surface area contributed by atoms with Crippen LogP contribution in [-0.2, 0) is 0 Å². The number of allylic oxidation sites excluding steroid dienone is 1. The molecule has 0 saturated carbocycles. The summed E-state index contributed by atoms with van der Waals surface area (Å²) in [7, 11) is 0. The number of aliphatic hydroxyl groups is 1. The summed E-state index contributed by atoms with van der Waals surface area (Å²) in [5.41, 5.74) is 1.89. The van der Waals surface area contributed by atoms with Crippen LogP contribution in [0, 0.1) is 0 Å². The second-order valence-corrected chi connectivity index (χ2v) is 4.62. The van der Waals surface area contributed by atoms with Gasteiger partial charge in [-0.15, -0.1) is 0 Å². The second-order valence-electron chi connectivity index (χ2n) is 3.36. The molecule has 0 aliphatic rings. The van der Waals surface area contributed by atoms with Crippen molar-refractivity contribution in [2.24, 2.45) is 0 Å². The summed E-state index contributed by atoms with van der Waals surface area (Å²) >= 11 is 9.22. The molecule has 76 valence electrons. The zero-order valence-corrected chi connectivity index (χ0v) is 10.4. The zero-order valence-electron chi connectivity index (χ0n) is 8.09. The topological polar surface area (TPSA) is 20.2 Å². The van der Waals surface area contributed by atoms with Gasteiger partial charge in [-0.2, -0.15) is 0 Å². The van der Waals surface area contributed by atoms with Gasteiger partial charge in [-0.25, -0.2) is 0 Å². The van der Waals surface area contributed by atoms with Crippen LogP contribution in [0.15, 0.2) is 34.3 Å². The predicted octanol–water partition coefficient (Wildman–Crippen LogP) is 4.10. The van der Waals surface area contributed by atoms with Crippen molar-refractivity contribution in [2.45, 2.75) is 20.0 Å². The molecule has 0 aliphatic heterocycles. The normalized spacial score (nSPS) is 12.4. The minimum absolute atomic E-state index is 0.578. The van der Waals surface area contributed by atoms with Gasteiger partial charge >= 0.3 is 0 Å². The molecule has 3 heteroatoms. The Kier molecular flexibility index (Phi) is 4.17. The molecule has 1 nitrogen and oxygen atoms in total. The van der Waals surface area contributed by atoms with Crippen molar-refractivity contribution in [3.63, 3.8) is 0 Å². The van der Waals surface area contributed by atoms with Gasteiger partial charge in [0.1, 0.15) is 0 Å².